The third-order valence-corrected chi connectivity index (χ3v) is 3.13. The first-order valence-electron chi connectivity index (χ1n) is 5.91. The Morgan fingerprint density at radius 3 is 2.47 bits per heavy atom. The Balaban J connectivity index is 2.10. The van der Waals surface area contributed by atoms with Gasteiger partial charge in [0.1, 0.15) is 24.4 Å². The van der Waals surface area contributed by atoms with Crippen LogP contribution in [0.2, 0.25) is 0 Å². The Morgan fingerprint density at radius 1 is 1.16 bits per heavy atom. The third-order valence-electron chi connectivity index (χ3n) is 3.13. The highest BCUT2D eigenvalue weighted by atomic mass is 16.5. The molecule has 106 valence electrons. The van der Waals surface area contributed by atoms with Crippen molar-refractivity contribution in [2.75, 3.05) is 12.3 Å². The number of rotatable bonds is 3. The van der Waals surface area contributed by atoms with Crippen molar-refractivity contribution in [1.29, 1.82) is 0 Å². The first-order chi connectivity index (χ1) is 9.02. The minimum Gasteiger partial charge on any atom is -0.394 e. The third kappa shape index (κ3) is 2.99. The highest BCUT2D eigenvalue weighted by Gasteiger charge is 2.43. The summed E-state index contributed by atoms with van der Waals surface area (Å²) < 4.78 is 5.36. The van der Waals surface area contributed by atoms with Crippen molar-refractivity contribution < 1.29 is 25.2 Å². The van der Waals surface area contributed by atoms with E-state index in [2.05, 4.69) is 9.97 Å². The molecule has 2 rings (SSSR count). The Hall–Kier alpha value is -1.32. The van der Waals surface area contributed by atoms with Gasteiger partial charge in [-0.1, -0.05) is 0 Å². The Morgan fingerprint density at radius 2 is 1.84 bits per heavy atom. The fourth-order valence-corrected chi connectivity index (χ4v) is 2.08. The molecule has 1 fully saturated rings. The molecule has 0 saturated carbocycles. The van der Waals surface area contributed by atoms with Crippen LogP contribution in [0.3, 0.4) is 0 Å². The van der Waals surface area contributed by atoms with E-state index in [0.29, 0.717) is 5.69 Å². The van der Waals surface area contributed by atoms with Crippen molar-refractivity contribution in [2.45, 2.75) is 36.9 Å². The van der Waals surface area contributed by atoms with E-state index in [0.717, 1.165) is 0 Å². The Kier molecular flexibility index (Phi) is 4.27. The fraction of sp³-hybridized carbons (Fsp3) is 0.636. The maximum Gasteiger partial charge on any atom is 0.220 e. The largest absolute Gasteiger partial charge is 0.394 e. The molecule has 0 aromatic carbocycles. The zero-order chi connectivity index (χ0) is 14.0. The number of ether oxygens (including phenoxy) is 1. The SMILES string of the molecule is Nc1nccc(C[C@@H]2O[C@H](CO)[C@@H](O)[C@H](O)[C@H]2O)n1. The van der Waals surface area contributed by atoms with E-state index in [-0.39, 0.29) is 12.4 Å². The van der Waals surface area contributed by atoms with E-state index < -0.39 is 37.1 Å². The molecule has 1 aromatic heterocycles. The number of aliphatic hydroxyl groups excluding tert-OH is 4. The first-order valence-corrected chi connectivity index (χ1v) is 5.91. The van der Waals surface area contributed by atoms with E-state index in [1.807, 2.05) is 0 Å². The summed E-state index contributed by atoms with van der Waals surface area (Å²) in [4.78, 5) is 7.71. The van der Waals surface area contributed by atoms with Gasteiger partial charge in [0.25, 0.3) is 0 Å². The van der Waals surface area contributed by atoms with E-state index in [1.54, 1.807) is 6.07 Å². The van der Waals surface area contributed by atoms with Gasteiger partial charge in [-0.3, -0.25) is 0 Å². The van der Waals surface area contributed by atoms with E-state index in [9.17, 15) is 15.3 Å². The van der Waals surface area contributed by atoms with Crippen LogP contribution in [-0.2, 0) is 11.2 Å². The summed E-state index contributed by atoms with van der Waals surface area (Å²) in [6.45, 7) is -0.451. The van der Waals surface area contributed by atoms with E-state index >= 15 is 0 Å². The summed E-state index contributed by atoms with van der Waals surface area (Å²) in [6, 6.07) is 1.61. The molecular formula is C11H17N3O5. The molecule has 0 spiro atoms. The molecule has 19 heavy (non-hydrogen) atoms. The van der Waals surface area contributed by atoms with Gasteiger partial charge in [-0.15, -0.1) is 0 Å². The van der Waals surface area contributed by atoms with E-state index in [4.69, 9.17) is 15.6 Å². The molecule has 1 aliphatic heterocycles. The summed E-state index contributed by atoms with van der Waals surface area (Å²) in [5, 5.41) is 38.2. The average molecular weight is 271 g/mol. The topological polar surface area (TPSA) is 142 Å². The van der Waals surface area contributed by atoms with Gasteiger partial charge in [-0.2, -0.15) is 0 Å². The van der Waals surface area contributed by atoms with Gasteiger partial charge in [-0.25, -0.2) is 9.97 Å². The van der Waals surface area contributed by atoms with Crippen molar-refractivity contribution in [1.82, 2.24) is 9.97 Å². The second-order valence-corrected chi connectivity index (χ2v) is 4.48. The van der Waals surface area contributed by atoms with Gasteiger partial charge in [0.2, 0.25) is 5.95 Å². The van der Waals surface area contributed by atoms with Gasteiger partial charge in [0.05, 0.1) is 12.7 Å². The van der Waals surface area contributed by atoms with Crippen molar-refractivity contribution in [3.63, 3.8) is 0 Å². The molecule has 8 nitrogen and oxygen atoms in total. The molecular weight excluding hydrogens is 254 g/mol. The summed E-state index contributed by atoms with van der Waals surface area (Å²) in [5.41, 5.74) is 5.98. The lowest BCUT2D eigenvalue weighted by Crippen LogP contribution is -2.59. The molecule has 2 heterocycles. The number of hydrogen-bond acceptors (Lipinski definition) is 8. The smallest absolute Gasteiger partial charge is 0.220 e. The molecule has 1 saturated heterocycles. The van der Waals surface area contributed by atoms with E-state index in [1.165, 1.54) is 6.20 Å². The lowest BCUT2D eigenvalue weighted by Gasteiger charge is -2.40. The summed E-state index contributed by atoms with van der Waals surface area (Å²) in [7, 11) is 0. The predicted octanol–water partition coefficient (Wildman–Crippen LogP) is -2.56. The van der Waals surface area contributed by atoms with Gasteiger partial charge in [-0.05, 0) is 6.07 Å². The van der Waals surface area contributed by atoms with Crippen LogP contribution in [0.25, 0.3) is 0 Å². The molecule has 5 atom stereocenters. The van der Waals surface area contributed by atoms with Crippen LogP contribution in [0.5, 0.6) is 0 Å². The van der Waals surface area contributed by atoms with Crippen LogP contribution >= 0.6 is 0 Å². The Bertz CT molecular complexity index is 431. The summed E-state index contributed by atoms with van der Waals surface area (Å²) in [5.74, 6) is 0.0992. The zero-order valence-electron chi connectivity index (χ0n) is 10.1. The lowest BCUT2D eigenvalue weighted by atomic mass is 9.93. The minimum absolute atomic E-state index is 0.0992. The number of aliphatic hydroxyl groups is 4. The maximum absolute atomic E-state index is 9.86. The molecule has 6 N–H and O–H groups in total. The van der Waals surface area contributed by atoms with Crippen LogP contribution in [-0.4, -0.2) is 67.5 Å². The summed E-state index contributed by atoms with van der Waals surface area (Å²) in [6.07, 6.45) is -4.04. The standard InChI is InChI=1S/C11H17N3O5/c12-11-13-2-1-5(14-11)3-6-8(16)10(18)9(17)7(4-15)19-6/h1-2,6-10,15-18H,3-4H2,(H2,12,13,14)/t6-,7+,8-,9+,10+/m0/s1. The first kappa shape index (κ1) is 14.1. The normalized spacial score (nSPS) is 35.3. The second kappa shape index (κ2) is 5.76. The highest BCUT2D eigenvalue weighted by molar-refractivity contribution is 5.18. The number of hydrogen-bond donors (Lipinski definition) is 5. The molecule has 8 heteroatoms. The molecule has 1 aromatic rings. The fourth-order valence-electron chi connectivity index (χ4n) is 2.08. The zero-order valence-corrected chi connectivity index (χ0v) is 10.1. The highest BCUT2D eigenvalue weighted by Crippen LogP contribution is 2.23. The van der Waals surface area contributed by atoms with Crippen molar-refractivity contribution >= 4 is 5.95 Å². The summed E-state index contributed by atoms with van der Waals surface area (Å²) >= 11 is 0. The molecule has 0 aliphatic carbocycles. The number of aromatic nitrogens is 2. The van der Waals surface area contributed by atoms with Gasteiger partial charge >= 0.3 is 0 Å². The molecule has 0 bridgehead atoms. The monoisotopic (exact) mass is 271 g/mol. The number of nitrogens with two attached hydrogens (primary N) is 1. The predicted molar refractivity (Wildman–Crippen MR) is 63.9 cm³/mol. The van der Waals surface area contributed by atoms with Crippen molar-refractivity contribution in [2.24, 2.45) is 0 Å². The lowest BCUT2D eigenvalue weighted by molar-refractivity contribution is -0.228. The average Bonchev–Trinajstić information content (AvgIpc) is 2.39. The number of anilines is 1. The van der Waals surface area contributed by atoms with Crippen molar-refractivity contribution in [3.05, 3.63) is 18.0 Å². The molecule has 0 radical (unpaired) electrons. The van der Waals surface area contributed by atoms with Gasteiger partial charge in [0.15, 0.2) is 0 Å². The van der Waals surface area contributed by atoms with Crippen LogP contribution in [0.15, 0.2) is 12.3 Å². The maximum atomic E-state index is 9.86. The van der Waals surface area contributed by atoms with Gasteiger partial charge < -0.3 is 30.9 Å². The second-order valence-electron chi connectivity index (χ2n) is 4.48. The number of nitrogen functional groups attached to an aromatic ring is 1. The van der Waals surface area contributed by atoms with Crippen LogP contribution < -0.4 is 5.73 Å². The molecule has 0 amide bonds. The van der Waals surface area contributed by atoms with Gasteiger partial charge in [0, 0.05) is 18.3 Å². The molecule has 0 unspecified atom stereocenters. The number of nitrogens with zero attached hydrogens (tertiary/aromatic N) is 2. The van der Waals surface area contributed by atoms with Crippen LogP contribution in [0, 0.1) is 0 Å². The minimum atomic E-state index is -1.38. The van der Waals surface area contributed by atoms with Crippen LogP contribution in [0.1, 0.15) is 5.69 Å². The Labute approximate surface area is 109 Å². The molecule has 1 aliphatic rings. The van der Waals surface area contributed by atoms with Crippen molar-refractivity contribution in [3.8, 4) is 0 Å². The van der Waals surface area contributed by atoms with Crippen LogP contribution in [0.4, 0.5) is 5.95 Å². The quantitative estimate of drug-likeness (QED) is 0.404.